The fourth-order valence-electron chi connectivity index (χ4n) is 2.78. The average Bonchev–Trinajstić information content (AvgIpc) is 2.99. The van der Waals surface area contributed by atoms with E-state index in [-0.39, 0.29) is 17.6 Å². The van der Waals surface area contributed by atoms with Gasteiger partial charge in [-0.1, -0.05) is 0 Å². The summed E-state index contributed by atoms with van der Waals surface area (Å²) in [5.74, 6) is 0.0279. The molecule has 0 unspecified atom stereocenters. The van der Waals surface area contributed by atoms with E-state index in [1.165, 1.54) is 12.4 Å². The number of hydrogen-bond donors (Lipinski definition) is 1. The number of nitrogens with one attached hydrogen (secondary N) is 1. The Morgan fingerprint density at radius 1 is 1.52 bits per heavy atom. The van der Waals surface area contributed by atoms with E-state index >= 15 is 0 Å². The lowest BCUT2D eigenvalue weighted by Gasteiger charge is -2.33. The van der Waals surface area contributed by atoms with Gasteiger partial charge in [0.2, 0.25) is 0 Å². The van der Waals surface area contributed by atoms with Crippen molar-refractivity contribution in [3.8, 4) is 0 Å². The highest BCUT2D eigenvalue weighted by Crippen LogP contribution is 2.14. The maximum Gasteiger partial charge on any atom is 0.270 e. The third-order valence-corrected chi connectivity index (χ3v) is 4.05. The van der Waals surface area contributed by atoms with Gasteiger partial charge in [-0.2, -0.15) is 0 Å². The number of carbonyl (C=O) groups is 1. The van der Waals surface area contributed by atoms with Gasteiger partial charge in [-0.25, -0.2) is 4.98 Å². The number of morpholine rings is 1. The molecular weight excluding hydrogens is 296 g/mol. The lowest BCUT2D eigenvalue weighted by molar-refractivity contribution is -0.0249. The number of H-pyrrole nitrogens is 1. The van der Waals surface area contributed by atoms with Gasteiger partial charge in [0.05, 0.1) is 19.0 Å². The van der Waals surface area contributed by atoms with E-state index in [2.05, 4.69) is 9.97 Å². The highest BCUT2D eigenvalue weighted by Gasteiger charge is 2.26. The van der Waals surface area contributed by atoms with Gasteiger partial charge in [-0.05, 0) is 25.0 Å². The molecule has 1 amide bonds. The SMILES string of the molecule is Cn1cccc1C(=O)N1CCO[C@@H](CCc2cc(=O)[nH]cn2)C1. The molecule has 0 aliphatic carbocycles. The molecule has 23 heavy (non-hydrogen) atoms. The molecule has 1 atom stereocenters. The summed E-state index contributed by atoms with van der Waals surface area (Å²) in [5.41, 5.74) is 1.27. The first-order valence-corrected chi connectivity index (χ1v) is 7.69. The summed E-state index contributed by atoms with van der Waals surface area (Å²) >= 11 is 0. The standard InChI is InChI=1S/C16H20N4O3/c1-19-6-2-3-14(19)16(22)20-7-8-23-13(10-20)5-4-12-9-15(21)18-11-17-12/h2-3,6,9,11,13H,4-5,7-8,10H2,1H3,(H,17,18,21)/t13-/m0/s1. The Morgan fingerprint density at radius 3 is 3.13 bits per heavy atom. The summed E-state index contributed by atoms with van der Waals surface area (Å²) in [5, 5.41) is 0. The summed E-state index contributed by atoms with van der Waals surface area (Å²) in [4.78, 5) is 32.3. The lowest BCUT2D eigenvalue weighted by Crippen LogP contribution is -2.46. The van der Waals surface area contributed by atoms with Gasteiger partial charge < -0.3 is 19.2 Å². The predicted octanol–water partition coefficient (Wildman–Crippen LogP) is 0.582. The van der Waals surface area contributed by atoms with E-state index < -0.39 is 0 Å². The van der Waals surface area contributed by atoms with Crippen LogP contribution in [0.15, 0.2) is 35.5 Å². The zero-order valence-electron chi connectivity index (χ0n) is 13.1. The van der Waals surface area contributed by atoms with Crippen LogP contribution in [0, 0.1) is 0 Å². The molecule has 0 saturated carbocycles. The van der Waals surface area contributed by atoms with Crippen LogP contribution in [0.25, 0.3) is 0 Å². The summed E-state index contributed by atoms with van der Waals surface area (Å²) in [6.45, 7) is 1.70. The van der Waals surface area contributed by atoms with Crippen molar-refractivity contribution in [1.82, 2.24) is 19.4 Å². The second-order valence-corrected chi connectivity index (χ2v) is 5.69. The van der Waals surface area contributed by atoms with Crippen LogP contribution >= 0.6 is 0 Å². The summed E-state index contributed by atoms with van der Waals surface area (Å²) < 4.78 is 7.57. The molecule has 0 aromatic carbocycles. The van der Waals surface area contributed by atoms with Crippen LogP contribution in [0.5, 0.6) is 0 Å². The molecule has 122 valence electrons. The van der Waals surface area contributed by atoms with Crippen molar-refractivity contribution in [2.45, 2.75) is 18.9 Å². The number of rotatable bonds is 4. The molecule has 3 rings (SSSR count). The second-order valence-electron chi connectivity index (χ2n) is 5.69. The van der Waals surface area contributed by atoms with Gasteiger partial charge in [0.1, 0.15) is 5.69 Å². The van der Waals surface area contributed by atoms with Crippen molar-refractivity contribution in [2.24, 2.45) is 7.05 Å². The van der Waals surface area contributed by atoms with Gasteiger partial charge in [0.25, 0.3) is 11.5 Å². The topological polar surface area (TPSA) is 80.2 Å². The monoisotopic (exact) mass is 316 g/mol. The molecule has 1 aliphatic heterocycles. The molecule has 1 aliphatic rings. The fraction of sp³-hybridized carbons (Fsp3) is 0.438. The van der Waals surface area contributed by atoms with Crippen LogP contribution < -0.4 is 5.56 Å². The van der Waals surface area contributed by atoms with E-state index in [0.29, 0.717) is 31.8 Å². The quantitative estimate of drug-likeness (QED) is 0.895. The number of carbonyl (C=O) groups excluding carboxylic acids is 1. The summed E-state index contributed by atoms with van der Waals surface area (Å²) in [7, 11) is 1.86. The molecule has 2 aromatic rings. The largest absolute Gasteiger partial charge is 0.375 e. The van der Waals surface area contributed by atoms with Crippen LogP contribution in [-0.4, -0.2) is 51.1 Å². The van der Waals surface area contributed by atoms with Gasteiger partial charge in [-0.15, -0.1) is 0 Å². The molecule has 2 aromatic heterocycles. The third-order valence-electron chi connectivity index (χ3n) is 4.05. The first kappa shape index (κ1) is 15.5. The normalized spacial score (nSPS) is 18.1. The maximum absolute atomic E-state index is 12.5. The van der Waals surface area contributed by atoms with E-state index in [1.54, 1.807) is 0 Å². The number of aromatic nitrogens is 3. The number of amides is 1. The summed E-state index contributed by atoms with van der Waals surface area (Å²) in [6, 6.07) is 5.19. The first-order chi connectivity index (χ1) is 11.1. The number of nitrogens with zero attached hydrogens (tertiary/aromatic N) is 3. The maximum atomic E-state index is 12.5. The van der Waals surface area contributed by atoms with E-state index in [0.717, 1.165) is 12.1 Å². The van der Waals surface area contributed by atoms with Crippen molar-refractivity contribution >= 4 is 5.91 Å². The van der Waals surface area contributed by atoms with Crippen LogP contribution in [0.1, 0.15) is 22.6 Å². The Kier molecular flexibility index (Phi) is 4.57. The Hall–Kier alpha value is -2.41. The molecule has 3 heterocycles. The van der Waals surface area contributed by atoms with Crippen molar-refractivity contribution in [1.29, 1.82) is 0 Å². The number of aromatic amines is 1. The number of hydrogen-bond acceptors (Lipinski definition) is 4. The molecular formula is C16H20N4O3. The van der Waals surface area contributed by atoms with Crippen molar-refractivity contribution in [3.63, 3.8) is 0 Å². The van der Waals surface area contributed by atoms with Crippen molar-refractivity contribution in [2.75, 3.05) is 19.7 Å². The van der Waals surface area contributed by atoms with E-state index in [1.807, 2.05) is 34.8 Å². The molecule has 7 heteroatoms. The van der Waals surface area contributed by atoms with Crippen LogP contribution in [0.4, 0.5) is 0 Å². The Morgan fingerprint density at radius 2 is 2.39 bits per heavy atom. The Bertz CT molecular complexity index is 737. The number of aryl methyl sites for hydroxylation is 2. The minimum absolute atomic E-state index is 0.0279. The van der Waals surface area contributed by atoms with Crippen molar-refractivity contribution in [3.05, 3.63) is 52.5 Å². The van der Waals surface area contributed by atoms with Crippen LogP contribution in [-0.2, 0) is 18.2 Å². The highest BCUT2D eigenvalue weighted by atomic mass is 16.5. The third kappa shape index (κ3) is 3.68. The average molecular weight is 316 g/mol. The van der Waals surface area contributed by atoms with Crippen LogP contribution in [0.2, 0.25) is 0 Å². The first-order valence-electron chi connectivity index (χ1n) is 7.69. The molecule has 1 fully saturated rings. The Balaban J connectivity index is 1.59. The van der Waals surface area contributed by atoms with Gasteiger partial charge in [0, 0.05) is 38.1 Å². The van der Waals surface area contributed by atoms with Gasteiger partial charge in [0.15, 0.2) is 0 Å². The molecule has 0 bridgehead atoms. The van der Waals surface area contributed by atoms with E-state index in [9.17, 15) is 9.59 Å². The fourth-order valence-corrected chi connectivity index (χ4v) is 2.78. The minimum Gasteiger partial charge on any atom is -0.375 e. The zero-order valence-corrected chi connectivity index (χ0v) is 13.1. The number of ether oxygens (including phenoxy) is 1. The lowest BCUT2D eigenvalue weighted by atomic mass is 10.1. The van der Waals surface area contributed by atoms with Crippen LogP contribution in [0.3, 0.4) is 0 Å². The Labute approximate surface area is 133 Å². The molecule has 1 N–H and O–H groups in total. The zero-order chi connectivity index (χ0) is 16.2. The van der Waals surface area contributed by atoms with Gasteiger partial charge in [-0.3, -0.25) is 9.59 Å². The van der Waals surface area contributed by atoms with Gasteiger partial charge >= 0.3 is 0 Å². The molecule has 1 saturated heterocycles. The van der Waals surface area contributed by atoms with Crippen molar-refractivity contribution < 1.29 is 9.53 Å². The molecule has 7 nitrogen and oxygen atoms in total. The molecule has 0 spiro atoms. The molecule has 0 radical (unpaired) electrons. The second kappa shape index (κ2) is 6.78. The van der Waals surface area contributed by atoms with E-state index in [4.69, 9.17) is 4.74 Å². The smallest absolute Gasteiger partial charge is 0.270 e. The summed E-state index contributed by atoms with van der Waals surface area (Å²) in [6.07, 6.45) is 4.62. The highest BCUT2D eigenvalue weighted by molar-refractivity contribution is 5.92. The predicted molar refractivity (Wildman–Crippen MR) is 84.2 cm³/mol. The minimum atomic E-state index is -0.153.